The van der Waals surface area contributed by atoms with Crippen LogP contribution in [0.5, 0.6) is 0 Å². The normalized spacial score (nSPS) is 21.8. The van der Waals surface area contributed by atoms with Gasteiger partial charge in [-0.3, -0.25) is 4.79 Å². The Hall–Kier alpha value is -1.29. The van der Waals surface area contributed by atoms with Gasteiger partial charge in [-0.2, -0.15) is 11.8 Å². The van der Waals surface area contributed by atoms with Crippen molar-refractivity contribution in [2.24, 2.45) is 0 Å². The Bertz CT molecular complexity index is 472. The fraction of sp³-hybridized carbons (Fsp3) is 0.529. The second-order valence-corrected chi connectivity index (χ2v) is 6.80. The summed E-state index contributed by atoms with van der Waals surface area (Å²) in [6.07, 6.45) is 4.85. The molecule has 0 N–H and O–H groups in total. The molecule has 1 aromatic carbocycles. The number of hydrogen-bond acceptors (Lipinski definition) is 4. The number of hydrogen-bond donors (Lipinski definition) is 0. The monoisotopic (exact) mass is 306 g/mol. The van der Waals surface area contributed by atoms with E-state index in [-0.39, 0.29) is 17.9 Å². The van der Waals surface area contributed by atoms with Gasteiger partial charge in [0.05, 0.1) is 5.56 Å². The third-order valence-corrected chi connectivity index (χ3v) is 5.10. The summed E-state index contributed by atoms with van der Waals surface area (Å²) in [5, 5.41) is 0.325. The predicted molar refractivity (Wildman–Crippen MR) is 85.7 cm³/mol. The van der Waals surface area contributed by atoms with Gasteiger partial charge in [-0.05, 0) is 38.3 Å². The number of thioether (sulfide) groups is 1. The lowest BCUT2D eigenvalue weighted by molar-refractivity contribution is -0.116. The molecule has 2 rings (SSSR count). The largest absolute Gasteiger partial charge is 0.458 e. The topological polar surface area (TPSA) is 43.4 Å². The van der Waals surface area contributed by atoms with E-state index < -0.39 is 0 Å². The van der Waals surface area contributed by atoms with Gasteiger partial charge in [-0.15, -0.1) is 0 Å². The van der Waals surface area contributed by atoms with Crippen molar-refractivity contribution in [2.75, 3.05) is 5.75 Å². The molecule has 21 heavy (non-hydrogen) atoms. The minimum atomic E-state index is -0.236. The van der Waals surface area contributed by atoms with Gasteiger partial charge in [0.15, 0.2) is 0 Å². The van der Waals surface area contributed by atoms with E-state index in [1.165, 1.54) is 6.42 Å². The number of Topliss-reactive ketones (excluding diaryl/α,β-unsaturated/α-hetero) is 1. The maximum atomic E-state index is 12.2. The molecule has 0 aliphatic heterocycles. The van der Waals surface area contributed by atoms with Crippen LogP contribution in [-0.2, 0) is 9.53 Å². The molecule has 1 aromatic rings. The molecule has 4 heteroatoms. The lowest BCUT2D eigenvalue weighted by atomic mass is 9.97. The second-order valence-electron chi connectivity index (χ2n) is 5.46. The number of benzene rings is 1. The van der Waals surface area contributed by atoms with Crippen molar-refractivity contribution < 1.29 is 14.3 Å². The molecule has 2 atom stereocenters. The quantitative estimate of drug-likeness (QED) is 0.748. The summed E-state index contributed by atoms with van der Waals surface area (Å²) in [7, 11) is 0. The van der Waals surface area contributed by atoms with Gasteiger partial charge >= 0.3 is 5.97 Å². The first-order chi connectivity index (χ1) is 10.2. The molecule has 0 unspecified atom stereocenters. The smallest absolute Gasteiger partial charge is 0.338 e. The van der Waals surface area contributed by atoms with E-state index in [4.69, 9.17) is 4.74 Å². The maximum absolute atomic E-state index is 12.2. The van der Waals surface area contributed by atoms with Crippen molar-refractivity contribution in [3.05, 3.63) is 35.9 Å². The first-order valence-corrected chi connectivity index (χ1v) is 8.59. The van der Waals surface area contributed by atoms with Gasteiger partial charge in [-0.1, -0.05) is 24.6 Å². The van der Waals surface area contributed by atoms with Crippen molar-refractivity contribution in [1.29, 1.82) is 0 Å². The molecule has 0 bridgehead atoms. The van der Waals surface area contributed by atoms with E-state index in [0.717, 1.165) is 25.0 Å². The van der Waals surface area contributed by atoms with Crippen LogP contribution in [0.4, 0.5) is 0 Å². The van der Waals surface area contributed by atoms with Gasteiger partial charge in [0.1, 0.15) is 11.9 Å². The lowest BCUT2D eigenvalue weighted by Crippen LogP contribution is -2.32. The average molecular weight is 306 g/mol. The molecule has 1 fully saturated rings. The molecular formula is C17H22O3S. The molecule has 0 aromatic heterocycles. The summed E-state index contributed by atoms with van der Waals surface area (Å²) in [5.74, 6) is 0.801. The summed E-state index contributed by atoms with van der Waals surface area (Å²) in [4.78, 5) is 23.2. The third kappa shape index (κ3) is 5.20. The van der Waals surface area contributed by atoms with Crippen molar-refractivity contribution in [3.63, 3.8) is 0 Å². The van der Waals surface area contributed by atoms with E-state index in [9.17, 15) is 9.59 Å². The fourth-order valence-electron chi connectivity index (χ4n) is 2.52. The molecule has 3 nitrogen and oxygen atoms in total. The van der Waals surface area contributed by atoms with Crippen LogP contribution in [0.25, 0.3) is 0 Å². The zero-order valence-electron chi connectivity index (χ0n) is 12.4. The number of esters is 1. The first kappa shape index (κ1) is 16.1. The van der Waals surface area contributed by atoms with Crippen LogP contribution in [0, 0.1) is 0 Å². The number of carbonyl (C=O) groups is 2. The van der Waals surface area contributed by atoms with Gasteiger partial charge < -0.3 is 4.74 Å². The molecule has 1 aliphatic rings. The van der Waals surface area contributed by atoms with Gasteiger partial charge in [0.25, 0.3) is 0 Å². The van der Waals surface area contributed by atoms with E-state index in [2.05, 4.69) is 0 Å². The summed E-state index contributed by atoms with van der Waals surface area (Å²) in [5.41, 5.74) is 0.607. The zero-order valence-corrected chi connectivity index (χ0v) is 13.2. The summed E-state index contributed by atoms with van der Waals surface area (Å²) >= 11 is 1.77. The Kier molecular flexibility index (Phi) is 6.30. The van der Waals surface area contributed by atoms with Crippen LogP contribution in [0.15, 0.2) is 30.3 Å². The van der Waals surface area contributed by atoms with E-state index in [1.54, 1.807) is 30.8 Å². The van der Waals surface area contributed by atoms with Crippen molar-refractivity contribution >= 4 is 23.5 Å². The van der Waals surface area contributed by atoms with Gasteiger partial charge in [0, 0.05) is 17.4 Å². The van der Waals surface area contributed by atoms with E-state index in [1.807, 2.05) is 18.2 Å². The van der Waals surface area contributed by atoms with Crippen LogP contribution >= 0.6 is 11.8 Å². The fourth-order valence-corrected chi connectivity index (χ4v) is 3.97. The highest BCUT2D eigenvalue weighted by Crippen LogP contribution is 2.31. The summed E-state index contributed by atoms with van der Waals surface area (Å²) in [6.45, 7) is 1.62. The Morgan fingerprint density at radius 3 is 2.62 bits per heavy atom. The Morgan fingerprint density at radius 1 is 1.19 bits per heavy atom. The Balaban J connectivity index is 1.89. The summed E-state index contributed by atoms with van der Waals surface area (Å²) in [6, 6.07) is 9.14. The Morgan fingerprint density at radius 2 is 1.90 bits per heavy atom. The highest BCUT2D eigenvalue weighted by Gasteiger charge is 2.28. The maximum Gasteiger partial charge on any atom is 0.338 e. The van der Waals surface area contributed by atoms with Gasteiger partial charge in [-0.25, -0.2) is 4.79 Å². The molecule has 0 radical (unpaired) electrons. The van der Waals surface area contributed by atoms with E-state index in [0.29, 0.717) is 17.2 Å². The molecule has 1 aliphatic carbocycles. The van der Waals surface area contributed by atoms with Crippen molar-refractivity contribution in [2.45, 2.75) is 50.4 Å². The standard InChI is InChI=1S/C17H22O3S/c1-13(18)11-12-21-16-10-6-5-9-15(16)20-17(19)14-7-3-2-4-8-14/h2-4,7-8,15-16H,5-6,9-12H2,1H3/t15-,16-/m0/s1. The zero-order chi connectivity index (χ0) is 15.1. The minimum absolute atomic E-state index is 0.0246. The number of rotatable bonds is 6. The highest BCUT2D eigenvalue weighted by atomic mass is 32.2. The summed E-state index contributed by atoms with van der Waals surface area (Å²) < 4.78 is 5.70. The molecular weight excluding hydrogens is 284 g/mol. The molecule has 0 saturated heterocycles. The van der Waals surface area contributed by atoms with Crippen molar-refractivity contribution in [3.8, 4) is 0 Å². The minimum Gasteiger partial charge on any atom is -0.458 e. The van der Waals surface area contributed by atoms with E-state index >= 15 is 0 Å². The van der Waals surface area contributed by atoms with Crippen LogP contribution in [0.1, 0.15) is 49.4 Å². The molecule has 0 amide bonds. The first-order valence-electron chi connectivity index (χ1n) is 7.54. The number of ketones is 1. The van der Waals surface area contributed by atoms with Crippen LogP contribution in [0.2, 0.25) is 0 Å². The molecule has 0 spiro atoms. The SMILES string of the molecule is CC(=O)CCS[C@H]1CCCC[C@@H]1OC(=O)c1ccccc1. The second kappa shape index (κ2) is 8.23. The van der Waals surface area contributed by atoms with Crippen molar-refractivity contribution in [1.82, 2.24) is 0 Å². The third-order valence-electron chi connectivity index (χ3n) is 3.70. The molecule has 1 saturated carbocycles. The number of carbonyl (C=O) groups excluding carboxylic acids is 2. The molecule has 114 valence electrons. The van der Waals surface area contributed by atoms with Crippen LogP contribution in [0.3, 0.4) is 0 Å². The predicted octanol–water partition coefficient (Wildman–Crippen LogP) is 3.87. The average Bonchev–Trinajstić information content (AvgIpc) is 2.49. The van der Waals surface area contributed by atoms with Crippen LogP contribution < -0.4 is 0 Å². The highest BCUT2D eigenvalue weighted by molar-refractivity contribution is 7.99. The number of ether oxygens (including phenoxy) is 1. The lowest BCUT2D eigenvalue weighted by Gasteiger charge is -2.30. The van der Waals surface area contributed by atoms with Gasteiger partial charge in [0.2, 0.25) is 0 Å². The Labute approximate surface area is 130 Å². The molecule has 0 heterocycles. The van der Waals surface area contributed by atoms with Crippen LogP contribution in [-0.4, -0.2) is 28.9 Å².